The Hall–Kier alpha value is -3.26. The van der Waals surface area contributed by atoms with Crippen molar-refractivity contribution in [1.82, 2.24) is 5.32 Å². The maximum absolute atomic E-state index is 10.9. The Labute approximate surface area is 168 Å². The lowest BCUT2D eigenvalue weighted by Gasteiger charge is -2.40. The van der Waals surface area contributed by atoms with Gasteiger partial charge < -0.3 is 15.2 Å². The summed E-state index contributed by atoms with van der Waals surface area (Å²) in [5, 5.41) is 26.1. The van der Waals surface area contributed by atoms with Gasteiger partial charge in [0, 0.05) is 16.3 Å². The second-order valence-corrected chi connectivity index (χ2v) is 7.21. The van der Waals surface area contributed by atoms with Crippen molar-refractivity contribution in [1.29, 1.82) is 5.26 Å². The molecule has 0 saturated carbocycles. The summed E-state index contributed by atoms with van der Waals surface area (Å²) in [5.74, 6) is 0.699. The summed E-state index contributed by atoms with van der Waals surface area (Å²) in [4.78, 5) is 7.98. The van der Waals surface area contributed by atoms with Crippen molar-refractivity contribution in [2.24, 2.45) is 4.99 Å². The van der Waals surface area contributed by atoms with Gasteiger partial charge in [-0.2, -0.15) is 5.26 Å². The maximum atomic E-state index is 10.9. The van der Waals surface area contributed by atoms with Crippen LogP contribution >= 0.6 is 11.6 Å². The van der Waals surface area contributed by atoms with E-state index in [1.807, 2.05) is 6.19 Å². The molecule has 28 heavy (non-hydrogen) atoms. The highest BCUT2D eigenvalue weighted by Crippen LogP contribution is 2.43. The van der Waals surface area contributed by atoms with Gasteiger partial charge in [-0.1, -0.05) is 17.7 Å². The molecule has 0 unspecified atom stereocenters. The van der Waals surface area contributed by atoms with E-state index < -0.39 is 17.7 Å². The number of ether oxygens (including phenoxy) is 1. The van der Waals surface area contributed by atoms with Gasteiger partial charge in [0.05, 0.1) is 6.57 Å². The Morgan fingerprint density at radius 1 is 1.32 bits per heavy atom. The van der Waals surface area contributed by atoms with Crippen LogP contribution in [0.1, 0.15) is 25.5 Å². The van der Waals surface area contributed by atoms with Gasteiger partial charge >= 0.3 is 0 Å². The summed E-state index contributed by atoms with van der Waals surface area (Å²) in [7, 11) is 0. The van der Waals surface area contributed by atoms with Gasteiger partial charge in [-0.15, -0.1) is 0 Å². The van der Waals surface area contributed by atoms with E-state index in [-0.39, 0.29) is 5.96 Å². The zero-order valence-corrected chi connectivity index (χ0v) is 16.0. The molecule has 8 heteroatoms. The quantitative estimate of drug-likeness (QED) is 0.235. The highest BCUT2D eigenvalue weighted by molar-refractivity contribution is 6.30. The van der Waals surface area contributed by atoms with E-state index in [9.17, 15) is 5.11 Å². The SMILES string of the molecule is [C-]#[N+]c1ccc2c(c1)[C@@H](N=C(NC#N)Nc1ccc(Cl)cc1)[C@H](O)C(C)(C)O2. The van der Waals surface area contributed by atoms with Gasteiger partial charge in [0.2, 0.25) is 5.96 Å². The van der Waals surface area contributed by atoms with E-state index in [1.54, 1.807) is 56.3 Å². The lowest BCUT2D eigenvalue weighted by atomic mass is 9.86. The highest BCUT2D eigenvalue weighted by atomic mass is 35.5. The topological polar surface area (TPSA) is 94.0 Å². The summed E-state index contributed by atoms with van der Waals surface area (Å²) < 4.78 is 5.89. The predicted octanol–water partition coefficient (Wildman–Crippen LogP) is 4.00. The van der Waals surface area contributed by atoms with Crippen LogP contribution in [0.5, 0.6) is 5.75 Å². The van der Waals surface area contributed by atoms with Crippen molar-refractivity contribution in [3.63, 3.8) is 0 Å². The van der Waals surface area contributed by atoms with Gasteiger partial charge in [-0.05, 0) is 50.2 Å². The molecule has 3 N–H and O–H groups in total. The molecule has 0 aliphatic carbocycles. The van der Waals surface area contributed by atoms with E-state index in [0.717, 1.165) is 0 Å². The van der Waals surface area contributed by atoms with Gasteiger partial charge in [0.25, 0.3) is 0 Å². The largest absolute Gasteiger partial charge is 0.485 e. The van der Waals surface area contributed by atoms with Crippen LogP contribution in [0.25, 0.3) is 4.85 Å². The molecule has 2 aromatic carbocycles. The molecule has 0 saturated heterocycles. The van der Waals surface area contributed by atoms with Gasteiger partial charge in [0.1, 0.15) is 23.5 Å². The number of rotatable bonds is 2. The number of anilines is 1. The van der Waals surface area contributed by atoms with Gasteiger partial charge in [-0.3, -0.25) is 5.32 Å². The molecule has 0 amide bonds. The minimum Gasteiger partial charge on any atom is -0.485 e. The molecular formula is C20H18ClN5O2. The van der Waals surface area contributed by atoms with E-state index in [0.29, 0.717) is 27.7 Å². The Kier molecular flexibility index (Phi) is 5.41. The number of aliphatic imine (C=N–C) groups is 1. The van der Waals surface area contributed by atoms with Gasteiger partial charge in [0.15, 0.2) is 11.9 Å². The van der Waals surface area contributed by atoms with E-state index in [4.69, 9.17) is 28.2 Å². The highest BCUT2D eigenvalue weighted by Gasteiger charge is 2.43. The third kappa shape index (κ3) is 4.01. The Bertz CT molecular complexity index is 989. The minimum atomic E-state index is -0.997. The van der Waals surface area contributed by atoms with Crippen LogP contribution in [0.15, 0.2) is 47.5 Å². The number of hydrogen-bond acceptors (Lipinski definition) is 4. The molecule has 0 aromatic heterocycles. The van der Waals surface area contributed by atoms with Crippen LogP contribution < -0.4 is 15.4 Å². The lowest BCUT2D eigenvalue weighted by Crippen LogP contribution is -2.49. The number of nitriles is 1. The number of benzene rings is 2. The molecule has 0 radical (unpaired) electrons. The van der Waals surface area contributed by atoms with E-state index >= 15 is 0 Å². The summed E-state index contributed by atoms with van der Waals surface area (Å²) >= 11 is 5.90. The summed E-state index contributed by atoms with van der Waals surface area (Å²) in [5.41, 5.74) is 0.756. The number of hydrogen-bond donors (Lipinski definition) is 3. The molecule has 3 rings (SSSR count). The van der Waals surface area contributed by atoms with Crippen molar-refractivity contribution < 1.29 is 9.84 Å². The number of halogens is 1. The molecule has 0 spiro atoms. The molecule has 1 aliphatic heterocycles. The van der Waals surface area contributed by atoms with Crippen molar-refractivity contribution in [2.75, 3.05) is 5.32 Å². The fourth-order valence-electron chi connectivity index (χ4n) is 2.92. The van der Waals surface area contributed by atoms with Crippen LogP contribution in [0.2, 0.25) is 5.02 Å². The number of nitrogens with one attached hydrogen (secondary N) is 2. The normalized spacial score (nSPS) is 20.1. The minimum absolute atomic E-state index is 0.158. The molecule has 2 aromatic rings. The molecule has 0 bridgehead atoms. The Morgan fingerprint density at radius 2 is 2.04 bits per heavy atom. The van der Waals surface area contributed by atoms with Crippen LogP contribution in [0, 0.1) is 18.0 Å². The van der Waals surface area contributed by atoms with Gasteiger partial charge in [-0.25, -0.2) is 9.84 Å². The van der Waals surface area contributed by atoms with Crippen LogP contribution in [0.3, 0.4) is 0 Å². The molecule has 0 fully saturated rings. The smallest absolute Gasteiger partial charge is 0.209 e. The summed E-state index contributed by atoms with van der Waals surface area (Å²) in [6.45, 7) is 10.8. The van der Waals surface area contributed by atoms with Crippen LogP contribution in [0.4, 0.5) is 11.4 Å². The van der Waals surface area contributed by atoms with Crippen LogP contribution in [-0.4, -0.2) is 22.8 Å². The lowest BCUT2D eigenvalue weighted by molar-refractivity contribution is -0.0566. The first-order valence-corrected chi connectivity index (χ1v) is 8.86. The average Bonchev–Trinajstić information content (AvgIpc) is 2.67. The number of fused-ring (bicyclic) bond motifs is 1. The first-order chi connectivity index (χ1) is 13.3. The monoisotopic (exact) mass is 395 g/mol. The molecule has 1 aliphatic rings. The Balaban J connectivity index is 2.03. The average molecular weight is 396 g/mol. The summed E-state index contributed by atoms with van der Waals surface area (Å²) in [6, 6.07) is 11.1. The van der Waals surface area contributed by atoms with Crippen molar-refractivity contribution in [2.45, 2.75) is 31.6 Å². The number of aliphatic hydroxyl groups excluding tert-OH is 1. The van der Waals surface area contributed by atoms with Crippen molar-refractivity contribution in [3.8, 4) is 11.9 Å². The standard InChI is InChI=1S/C20H18ClN5O2/c1-20(2)18(27)17(15-10-14(23-3)8-9-16(15)28-20)26-19(24-11-22)25-13-6-4-12(21)5-7-13/h4-10,17-18,27H,1-2H3,(H2,24,25,26)/t17-,18+/m1/s1. The zero-order chi connectivity index (χ0) is 20.3. The van der Waals surface area contributed by atoms with Crippen molar-refractivity contribution in [3.05, 3.63) is 64.5 Å². The summed E-state index contributed by atoms with van der Waals surface area (Å²) in [6.07, 6.45) is 0.844. The third-order valence-electron chi connectivity index (χ3n) is 4.37. The second kappa shape index (κ2) is 7.77. The fraction of sp³-hybridized carbons (Fsp3) is 0.250. The van der Waals surface area contributed by atoms with E-state index in [1.165, 1.54) is 0 Å². The second-order valence-electron chi connectivity index (χ2n) is 6.78. The predicted molar refractivity (Wildman–Crippen MR) is 107 cm³/mol. The number of guanidine groups is 1. The van der Waals surface area contributed by atoms with Crippen LogP contribution in [-0.2, 0) is 0 Å². The van der Waals surface area contributed by atoms with E-state index in [2.05, 4.69) is 20.5 Å². The third-order valence-corrected chi connectivity index (χ3v) is 4.63. The Morgan fingerprint density at radius 3 is 2.68 bits per heavy atom. The molecular weight excluding hydrogens is 378 g/mol. The fourth-order valence-corrected chi connectivity index (χ4v) is 3.05. The first-order valence-electron chi connectivity index (χ1n) is 8.48. The maximum Gasteiger partial charge on any atom is 0.209 e. The van der Waals surface area contributed by atoms with Crippen molar-refractivity contribution >= 4 is 28.9 Å². The molecule has 1 heterocycles. The number of nitrogens with zero attached hydrogens (tertiary/aromatic N) is 3. The number of aliphatic hydroxyl groups is 1. The first kappa shape index (κ1) is 19.5. The molecule has 2 atom stereocenters. The molecule has 142 valence electrons. The molecule has 7 nitrogen and oxygen atoms in total. The zero-order valence-electron chi connectivity index (χ0n) is 15.3.